The summed E-state index contributed by atoms with van der Waals surface area (Å²) in [6, 6.07) is 12.7. The quantitative estimate of drug-likeness (QED) is 0.766. The van der Waals surface area contributed by atoms with E-state index in [1.807, 2.05) is 0 Å². The Morgan fingerprint density at radius 2 is 1.75 bits per heavy atom. The molecule has 0 N–H and O–H groups in total. The number of halogens is 3. The Morgan fingerprint density at radius 1 is 1.10 bits per heavy atom. The van der Waals surface area contributed by atoms with Crippen molar-refractivity contribution in [2.45, 2.75) is 13.0 Å². The summed E-state index contributed by atoms with van der Waals surface area (Å²) in [4.78, 5) is 12.1. The Bertz CT molecular complexity index is 597. The van der Waals surface area contributed by atoms with Gasteiger partial charge in [-0.05, 0) is 35.9 Å². The van der Waals surface area contributed by atoms with Gasteiger partial charge in [-0.3, -0.25) is 4.79 Å². The molecule has 0 saturated heterocycles. The highest BCUT2D eigenvalue weighted by Gasteiger charge is 2.10. The summed E-state index contributed by atoms with van der Waals surface area (Å²) in [6.07, 6.45) is 0.161. The van der Waals surface area contributed by atoms with Gasteiger partial charge in [-0.15, -0.1) is 0 Å². The van der Waals surface area contributed by atoms with E-state index in [-0.39, 0.29) is 18.0 Å². The highest BCUT2D eigenvalue weighted by Crippen LogP contribution is 2.19. The second-order valence-corrected chi connectivity index (χ2v) is 4.50. The summed E-state index contributed by atoms with van der Waals surface area (Å²) in [5, 5.41) is 0.526. The monoisotopic (exact) mass is 296 g/mol. The largest absolute Gasteiger partial charge is 0.435 e. The van der Waals surface area contributed by atoms with Crippen molar-refractivity contribution in [2.24, 2.45) is 0 Å². The van der Waals surface area contributed by atoms with E-state index in [2.05, 4.69) is 4.74 Å². The number of hydrogen-bond acceptors (Lipinski definition) is 2. The molecule has 0 fully saturated rings. The third kappa shape index (κ3) is 3.78. The van der Waals surface area contributed by atoms with Crippen LogP contribution < -0.4 is 4.74 Å². The Morgan fingerprint density at radius 3 is 2.35 bits per heavy atom. The van der Waals surface area contributed by atoms with Crippen molar-refractivity contribution < 1.29 is 18.3 Å². The molecule has 0 amide bonds. The average molecular weight is 297 g/mol. The van der Waals surface area contributed by atoms with E-state index in [0.717, 1.165) is 5.56 Å². The van der Waals surface area contributed by atoms with Crippen LogP contribution in [0.3, 0.4) is 0 Å². The molecule has 0 heterocycles. The van der Waals surface area contributed by atoms with Crippen molar-refractivity contribution in [1.29, 1.82) is 0 Å². The molecule has 5 heteroatoms. The minimum Gasteiger partial charge on any atom is -0.435 e. The van der Waals surface area contributed by atoms with Crippen molar-refractivity contribution in [3.63, 3.8) is 0 Å². The van der Waals surface area contributed by atoms with Crippen molar-refractivity contribution in [1.82, 2.24) is 0 Å². The van der Waals surface area contributed by atoms with Crippen molar-refractivity contribution >= 4 is 17.4 Å². The van der Waals surface area contributed by atoms with E-state index >= 15 is 0 Å². The molecule has 2 rings (SSSR count). The molecule has 2 nitrogen and oxygen atoms in total. The molecule has 2 aromatic rings. The van der Waals surface area contributed by atoms with Gasteiger partial charge in [-0.2, -0.15) is 8.78 Å². The Kier molecular flexibility index (Phi) is 4.69. The number of carbonyl (C=O) groups is 1. The molecular formula is C15H11ClF2O2. The summed E-state index contributed by atoms with van der Waals surface area (Å²) in [7, 11) is 0. The number of ether oxygens (including phenoxy) is 1. The number of alkyl halides is 2. The van der Waals surface area contributed by atoms with Gasteiger partial charge in [0, 0.05) is 17.0 Å². The van der Waals surface area contributed by atoms with Crippen LogP contribution in [0.1, 0.15) is 15.9 Å². The zero-order chi connectivity index (χ0) is 14.5. The predicted octanol–water partition coefficient (Wildman–Crippen LogP) is 4.37. The second kappa shape index (κ2) is 6.48. The molecular weight excluding hydrogens is 286 g/mol. The van der Waals surface area contributed by atoms with E-state index < -0.39 is 6.61 Å². The van der Waals surface area contributed by atoms with Crippen molar-refractivity contribution in [3.8, 4) is 5.75 Å². The fraction of sp³-hybridized carbons (Fsp3) is 0.133. The minimum atomic E-state index is -2.88. The molecule has 0 aromatic heterocycles. The van der Waals surface area contributed by atoms with Crippen LogP contribution >= 0.6 is 11.6 Å². The zero-order valence-electron chi connectivity index (χ0n) is 10.4. The number of carbonyl (C=O) groups excluding carboxylic acids is 1. The highest BCUT2D eigenvalue weighted by molar-refractivity contribution is 6.31. The lowest BCUT2D eigenvalue weighted by Crippen LogP contribution is -2.05. The lowest BCUT2D eigenvalue weighted by Gasteiger charge is -2.06. The molecule has 0 atom stereocenters. The first-order chi connectivity index (χ1) is 9.56. The van der Waals surface area contributed by atoms with E-state index in [0.29, 0.717) is 10.6 Å². The number of hydrogen-bond donors (Lipinski definition) is 0. The number of benzene rings is 2. The van der Waals surface area contributed by atoms with E-state index in [1.54, 1.807) is 24.3 Å². The maximum atomic E-state index is 12.1. The molecule has 0 bridgehead atoms. The van der Waals surface area contributed by atoms with Crippen LogP contribution in [-0.4, -0.2) is 12.4 Å². The Balaban J connectivity index is 2.08. The van der Waals surface area contributed by atoms with E-state index in [9.17, 15) is 13.6 Å². The average Bonchev–Trinajstić information content (AvgIpc) is 2.41. The first-order valence-electron chi connectivity index (χ1n) is 5.88. The SMILES string of the molecule is O=C(Cc1ccccc1Cl)c1ccc(OC(F)F)cc1. The Hall–Kier alpha value is -1.94. The molecule has 0 spiro atoms. The van der Waals surface area contributed by atoms with Gasteiger partial charge < -0.3 is 4.74 Å². The maximum Gasteiger partial charge on any atom is 0.387 e. The van der Waals surface area contributed by atoms with Crippen molar-refractivity contribution in [3.05, 3.63) is 64.7 Å². The molecule has 0 unspecified atom stereocenters. The molecule has 2 aromatic carbocycles. The molecule has 20 heavy (non-hydrogen) atoms. The first-order valence-corrected chi connectivity index (χ1v) is 6.25. The maximum absolute atomic E-state index is 12.1. The van der Waals surface area contributed by atoms with Gasteiger partial charge in [0.05, 0.1) is 0 Å². The van der Waals surface area contributed by atoms with Crippen LogP contribution in [0.5, 0.6) is 5.75 Å². The van der Waals surface area contributed by atoms with Crippen LogP contribution in [-0.2, 0) is 6.42 Å². The second-order valence-electron chi connectivity index (χ2n) is 4.09. The van der Waals surface area contributed by atoms with Gasteiger partial charge in [-0.25, -0.2) is 0 Å². The number of Topliss-reactive ketones (excluding diaryl/α,β-unsaturated/α-hetero) is 1. The number of rotatable bonds is 5. The van der Waals surface area contributed by atoms with Crippen LogP contribution in [0.4, 0.5) is 8.78 Å². The number of ketones is 1. The summed E-state index contributed by atoms with van der Waals surface area (Å²) in [5.41, 5.74) is 1.15. The van der Waals surface area contributed by atoms with Gasteiger partial charge >= 0.3 is 6.61 Å². The fourth-order valence-corrected chi connectivity index (χ4v) is 1.94. The predicted molar refractivity (Wildman–Crippen MR) is 72.6 cm³/mol. The topological polar surface area (TPSA) is 26.3 Å². The standard InChI is InChI=1S/C15H11ClF2O2/c16-13-4-2-1-3-11(13)9-14(19)10-5-7-12(8-6-10)20-15(17)18/h1-8,15H,9H2. The lowest BCUT2D eigenvalue weighted by atomic mass is 10.0. The summed E-state index contributed by atoms with van der Waals surface area (Å²) >= 11 is 5.98. The van der Waals surface area contributed by atoms with Gasteiger partial charge in [0.25, 0.3) is 0 Å². The lowest BCUT2D eigenvalue weighted by molar-refractivity contribution is -0.0498. The minimum absolute atomic E-state index is 0.0225. The molecule has 0 saturated carbocycles. The third-order valence-electron chi connectivity index (χ3n) is 2.71. The van der Waals surface area contributed by atoms with Crippen LogP contribution in [0.25, 0.3) is 0 Å². The molecule has 104 valence electrons. The van der Waals surface area contributed by atoms with Gasteiger partial charge in [0.15, 0.2) is 5.78 Å². The first kappa shape index (κ1) is 14.5. The fourth-order valence-electron chi connectivity index (χ4n) is 1.74. The molecule has 0 radical (unpaired) electrons. The van der Waals surface area contributed by atoms with Crippen molar-refractivity contribution in [2.75, 3.05) is 0 Å². The summed E-state index contributed by atoms with van der Waals surface area (Å²) in [5.74, 6) is -0.115. The zero-order valence-corrected chi connectivity index (χ0v) is 11.1. The van der Waals surface area contributed by atoms with E-state index in [4.69, 9.17) is 11.6 Å². The van der Waals surface area contributed by atoms with Crippen LogP contribution in [0.2, 0.25) is 5.02 Å². The normalized spacial score (nSPS) is 10.6. The van der Waals surface area contributed by atoms with E-state index in [1.165, 1.54) is 24.3 Å². The van der Waals surface area contributed by atoms with Crippen LogP contribution in [0.15, 0.2) is 48.5 Å². The Labute approximate surface area is 119 Å². The van der Waals surface area contributed by atoms with Gasteiger partial charge in [-0.1, -0.05) is 29.8 Å². The smallest absolute Gasteiger partial charge is 0.387 e. The van der Waals surface area contributed by atoms with Gasteiger partial charge in [0.2, 0.25) is 0 Å². The van der Waals surface area contributed by atoms with Crippen LogP contribution in [0, 0.1) is 0 Å². The third-order valence-corrected chi connectivity index (χ3v) is 3.08. The summed E-state index contributed by atoms with van der Waals surface area (Å²) < 4.78 is 28.2. The van der Waals surface area contributed by atoms with Gasteiger partial charge in [0.1, 0.15) is 5.75 Å². The molecule has 0 aliphatic heterocycles. The highest BCUT2D eigenvalue weighted by atomic mass is 35.5. The molecule has 0 aliphatic carbocycles. The summed E-state index contributed by atoms with van der Waals surface area (Å²) in [6.45, 7) is -2.88. The molecule has 0 aliphatic rings.